The van der Waals surface area contributed by atoms with Crippen molar-refractivity contribution in [2.75, 3.05) is 4.90 Å². The van der Waals surface area contributed by atoms with Gasteiger partial charge in [0.25, 0.3) is 0 Å². The summed E-state index contributed by atoms with van der Waals surface area (Å²) in [6.45, 7) is 11.7. The average molecular weight is 750 g/mol. The Morgan fingerprint density at radius 2 is 1.05 bits per heavy atom. The molecule has 0 aliphatic heterocycles. The molecule has 274 valence electrons. The maximum Gasteiger partial charge on any atom is 0.0547 e. The Hall–Kier alpha value is -6.22. The van der Waals surface area contributed by atoms with Crippen molar-refractivity contribution in [3.05, 3.63) is 187 Å². The lowest BCUT2D eigenvalue weighted by Gasteiger charge is -2.32. The van der Waals surface area contributed by atoms with Crippen molar-refractivity contribution >= 4 is 80.9 Å². The van der Waals surface area contributed by atoms with Crippen LogP contribution in [0.4, 0.5) is 17.1 Å². The highest BCUT2D eigenvalue weighted by molar-refractivity contribution is 7.26. The molecule has 2 heteroatoms. The number of benzene rings is 9. The molecule has 0 unspecified atom stereocenters. The predicted octanol–water partition coefficient (Wildman–Crippen LogP) is 16.3. The first kappa shape index (κ1) is 34.1. The third-order valence-electron chi connectivity index (χ3n) is 12.6. The van der Waals surface area contributed by atoms with Crippen LogP contribution in [0.25, 0.3) is 74.7 Å². The van der Waals surface area contributed by atoms with Gasteiger partial charge in [-0.25, -0.2) is 0 Å². The fraction of sp³-hybridized carbons (Fsp3) is 0.127. The lowest BCUT2D eigenvalue weighted by molar-refractivity contribution is 0.596. The second-order valence-electron chi connectivity index (χ2n) is 17.3. The molecule has 1 aromatic heterocycles. The van der Waals surface area contributed by atoms with Crippen LogP contribution in [0.15, 0.2) is 170 Å². The summed E-state index contributed by atoms with van der Waals surface area (Å²) in [5, 5.41) is 10.2. The highest BCUT2D eigenvalue weighted by Gasteiger charge is 2.37. The van der Waals surface area contributed by atoms with Gasteiger partial charge in [-0.15, -0.1) is 11.3 Å². The van der Waals surface area contributed by atoms with Crippen molar-refractivity contribution in [3.63, 3.8) is 0 Å². The largest absolute Gasteiger partial charge is 0.309 e. The van der Waals surface area contributed by atoms with E-state index in [1.807, 2.05) is 11.3 Å². The molecular formula is C55H43NS. The molecule has 1 aliphatic rings. The van der Waals surface area contributed by atoms with Gasteiger partial charge >= 0.3 is 0 Å². The minimum absolute atomic E-state index is 0.0161. The Labute approximate surface area is 338 Å². The van der Waals surface area contributed by atoms with Crippen molar-refractivity contribution in [2.45, 2.75) is 45.4 Å². The van der Waals surface area contributed by atoms with Gasteiger partial charge in [0.05, 0.1) is 11.4 Å². The van der Waals surface area contributed by atoms with Crippen molar-refractivity contribution < 1.29 is 0 Å². The lowest BCUT2D eigenvalue weighted by Crippen LogP contribution is -2.16. The van der Waals surface area contributed by atoms with Gasteiger partial charge in [-0.05, 0) is 90.5 Å². The van der Waals surface area contributed by atoms with Crippen LogP contribution in [-0.2, 0) is 10.8 Å². The zero-order valence-corrected chi connectivity index (χ0v) is 33.8. The number of rotatable bonds is 4. The van der Waals surface area contributed by atoms with Crippen LogP contribution >= 0.6 is 11.3 Å². The summed E-state index contributed by atoms with van der Waals surface area (Å²) in [6.07, 6.45) is 0. The Morgan fingerprint density at radius 3 is 1.81 bits per heavy atom. The molecule has 9 aromatic carbocycles. The van der Waals surface area contributed by atoms with Gasteiger partial charge in [0, 0.05) is 47.8 Å². The molecule has 0 atom stereocenters. The van der Waals surface area contributed by atoms with Gasteiger partial charge in [0.1, 0.15) is 0 Å². The fourth-order valence-electron chi connectivity index (χ4n) is 9.86. The summed E-state index contributed by atoms with van der Waals surface area (Å²) in [4.78, 5) is 2.57. The molecule has 0 bridgehead atoms. The highest BCUT2D eigenvalue weighted by Crippen LogP contribution is 2.55. The normalized spacial score (nSPS) is 13.5. The van der Waals surface area contributed by atoms with Gasteiger partial charge in [-0.1, -0.05) is 174 Å². The molecule has 0 saturated carbocycles. The van der Waals surface area contributed by atoms with Crippen molar-refractivity contribution in [3.8, 4) is 22.3 Å². The van der Waals surface area contributed by atoms with E-state index in [2.05, 4.69) is 209 Å². The third kappa shape index (κ3) is 5.07. The van der Waals surface area contributed by atoms with Gasteiger partial charge < -0.3 is 4.90 Å². The number of nitrogens with zero attached hydrogens (tertiary/aromatic N) is 1. The van der Waals surface area contributed by atoms with Crippen LogP contribution in [0.3, 0.4) is 0 Å². The van der Waals surface area contributed by atoms with Crippen LogP contribution in [0, 0.1) is 0 Å². The Balaban J connectivity index is 1.27. The van der Waals surface area contributed by atoms with Crippen LogP contribution < -0.4 is 4.90 Å². The van der Waals surface area contributed by atoms with E-state index < -0.39 is 0 Å². The number of hydrogen-bond donors (Lipinski definition) is 0. The zero-order chi connectivity index (χ0) is 38.6. The van der Waals surface area contributed by atoms with E-state index in [1.165, 1.54) is 103 Å². The Bertz CT molecular complexity index is 3260. The molecule has 0 amide bonds. The molecule has 1 heterocycles. The van der Waals surface area contributed by atoms with Crippen molar-refractivity contribution in [2.24, 2.45) is 0 Å². The monoisotopic (exact) mass is 749 g/mol. The molecule has 11 rings (SSSR count). The minimum atomic E-state index is -0.121. The molecule has 57 heavy (non-hydrogen) atoms. The second kappa shape index (κ2) is 12.4. The zero-order valence-electron chi connectivity index (χ0n) is 33.0. The molecular weight excluding hydrogens is 707 g/mol. The van der Waals surface area contributed by atoms with E-state index in [4.69, 9.17) is 0 Å². The maximum absolute atomic E-state index is 2.57. The van der Waals surface area contributed by atoms with E-state index in [1.54, 1.807) is 0 Å². The molecule has 0 saturated heterocycles. The molecule has 1 aliphatic carbocycles. The summed E-state index contributed by atoms with van der Waals surface area (Å²) in [5.74, 6) is 0. The smallest absolute Gasteiger partial charge is 0.0547 e. The van der Waals surface area contributed by atoms with Crippen molar-refractivity contribution in [1.82, 2.24) is 0 Å². The van der Waals surface area contributed by atoms with E-state index >= 15 is 0 Å². The van der Waals surface area contributed by atoms with Crippen LogP contribution in [-0.4, -0.2) is 0 Å². The standard InChI is InChI=1S/C55H43NS/c1-54(2,3)45-30-32-48(40-20-11-10-19-39(40)45)56(36-27-29-46-44(33-36)51-37-17-8-6-15-34(37)25-28-47(51)55(46,4)5)49-31-26-35-16-7-9-18-38(35)52(49)43-23-14-22-42-41-21-12-13-24-50(41)57-53(42)43/h6-33H,1-5H3. The second-order valence-corrected chi connectivity index (χ2v) is 18.3. The van der Waals surface area contributed by atoms with Gasteiger partial charge in [-0.2, -0.15) is 0 Å². The molecule has 0 spiro atoms. The van der Waals surface area contributed by atoms with E-state index in [0.29, 0.717) is 0 Å². The number of hydrogen-bond acceptors (Lipinski definition) is 2. The molecule has 10 aromatic rings. The highest BCUT2D eigenvalue weighted by atomic mass is 32.1. The van der Waals surface area contributed by atoms with E-state index in [0.717, 1.165) is 5.69 Å². The summed E-state index contributed by atoms with van der Waals surface area (Å²) in [6, 6.07) is 63.9. The summed E-state index contributed by atoms with van der Waals surface area (Å²) < 4.78 is 2.63. The molecule has 0 radical (unpaired) electrons. The number of thiophene rings is 1. The molecule has 0 N–H and O–H groups in total. The van der Waals surface area contributed by atoms with Gasteiger partial charge in [0.2, 0.25) is 0 Å². The SMILES string of the molecule is CC(C)(C)c1ccc(N(c2ccc3c(c2)-c2c(ccc4ccccc24)C3(C)C)c2ccc3ccccc3c2-c2cccc3c2sc2ccccc23)c2ccccc12. The maximum atomic E-state index is 2.57. The van der Waals surface area contributed by atoms with Gasteiger partial charge in [-0.3, -0.25) is 0 Å². The topological polar surface area (TPSA) is 3.24 Å². The first-order valence-electron chi connectivity index (χ1n) is 20.1. The number of anilines is 3. The Morgan fingerprint density at radius 1 is 0.456 bits per heavy atom. The van der Waals surface area contributed by atoms with Gasteiger partial charge in [0.15, 0.2) is 0 Å². The minimum Gasteiger partial charge on any atom is -0.309 e. The molecule has 0 fully saturated rings. The lowest BCUT2D eigenvalue weighted by atomic mass is 9.82. The summed E-state index contributed by atoms with van der Waals surface area (Å²) in [7, 11) is 0. The van der Waals surface area contributed by atoms with E-state index in [-0.39, 0.29) is 10.8 Å². The van der Waals surface area contributed by atoms with E-state index in [9.17, 15) is 0 Å². The van der Waals surface area contributed by atoms with Crippen LogP contribution in [0.5, 0.6) is 0 Å². The fourth-order valence-corrected chi connectivity index (χ4v) is 11.1. The van der Waals surface area contributed by atoms with Crippen molar-refractivity contribution in [1.29, 1.82) is 0 Å². The summed E-state index contributed by atoms with van der Waals surface area (Å²) in [5.41, 5.74) is 12.7. The van der Waals surface area contributed by atoms with Crippen LogP contribution in [0.2, 0.25) is 0 Å². The quantitative estimate of drug-likeness (QED) is 0.173. The first-order valence-corrected chi connectivity index (χ1v) is 20.9. The van der Waals surface area contributed by atoms with Crippen LogP contribution in [0.1, 0.15) is 51.3 Å². The third-order valence-corrected chi connectivity index (χ3v) is 13.8. The predicted molar refractivity (Wildman–Crippen MR) is 248 cm³/mol. The summed E-state index contributed by atoms with van der Waals surface area (Å²) >= 11 is 1.90. The average Bonchev–Trinajstić information content (AvgIpc) is 3.72. The first-order chi connectivity index (χ1) is 27.7. The number of fused-ring (bicyclic) bond motifs is 10. The Kier molecular flexibility index (Phi) is 7.40. The molecule has 1 nitrogen and oxygen atoms in total.